The first-order chi connectivity index (χ1) is 52.8. The van der Waals surface area contributed by atoms with E-state index in [1.165, 1.54) is 25.7 Å². The first kappa shape index (κ1) is 108. The fraction of sp³-hybridized carbons (Fsp3) is 0.733. The molecule has 24 heteroatoms. The average molecular weight is 1690 g/mol. The highest BCUT2D eigenvalue weighted by molar-refractivity contribution is 7.72. The molecule has 0 aliphatic rings. The Kier molecular flexibility index (Phi) is 47.7. The van der Waals surface area contributed by atoms with Gasteiger partial charge in [0, 0.05) is 72.6 Å². The average Bonchev–Trinajstić information content (AvgIpc) is 0.796. The van der Waals surface area contributed by atoms with Crippen molar-refractivity contribution in [1.29, 1.82) is 0 Å². The van der Waals surface area contributed by atoms with Crippen LogP contribution < -0.4 is 64.5 Å². The molecule has 0 aromatic heterocycles. The molecule has 0 saturated heterocycles. The first-order valence-electron chi connectivity index (χ1n) is 42.4. The van der Waals surface area contributed by atoms with Gasteiger partial charge in [-0.25, -0.2) is 0 Å². The van der Waals surface area contributed by atoms with Gasteiger partial charge in [0.05, 0.1) is 61.2 Å². The van der Waals surface area contributed by atoms with Gasteiger partial charge in [-0.3, -0.25) is 28.8 Å². The SMILES string of the molecule is CCCN(C)CCCNc1c(C(C)(C)C)c(=S)c1=O.CCCN(CC)CCCNc1c(C(C)(C)C)c(=S)c1=O.CCCN(CCC)CCCNc1c(C(C)(C)C)c(=S)c1=O.CCN(C)CCCNc1c(C(C)(C)C)c(=S)c1=O.CCN(CC)CCCNc1c(C(C)(C)C)c(=S)c1=O.CN(C)CCCNc1c(C(C)(C)C)c(=S)c1=O. The molecule has 0 bridgehead atoms. The van der Waals surface area contributed by atoms with E-state index in [4.69, 9.17) is 73.3 Å². The number of rotatable bonds is 42. The summed E-state index contributed by atoms with van der Waals surface area (Å²) in [6.07, 6.45) is 11.0. The van der Waals surface area contributed by atoms with Crippen LogP contribution in [0.2, 0.25) is 0 Å². The van der Waals surface area contributed by atoms with Crippen LogP contribution in [0.4, 0.5) is 34.1 Å². The van der Waals surface area contributed by atoms with Gasteiger partial charge in [-0.15, -0.1) is 0 Å². The van der Waals surface area contributed by atoms with E-state index in [1.54, 1.807) is 0 Å². The largest absolute Gasteiger partial charge is 0.382 e. The first-order valence-corrected chi connectivity index (χ1v) is 44.9. The van der Waals surface area contributed by atoms with Gasteiger partial charge >= 0.3 is 0 Å². The summed E-state index contributed by atoms with van der Waals surface area (Å²) in [6.45, 7) is 75.4. The van der Waals surface area contributed by atoms with Crippen molar-refractivity contribution in [2.45, 2.75) is 277 Å². The van der Waals surface area contributed by atoms with Crippen LogP contribution in [0.25, 0.3) is 0 Å². The molecule has 0 heterocycles. The lowest BCUT2D eigenvalue weighted by Gasteiger charge is -2.26. The Bertz CT molecular complexity index is 4280. The standard InChI is InChI=1S/C17H30N2OS.C16H28N2OS.2C15H26N2OS.C14H24N2OS.C13H22N2OS/c1-6-10-19(11-7-2)12-8-9-18-14-13(17(3,4)5)16(21)15(14)20;1-6-10-18(7-2)11-8-9-17-13-12(16(3,4)5)15(20)14(13)19;1-6-9-17(5)10-7-8-16-12-11(15(2,3)4)14(19)13(12)18;1-6-17(7-2)10-8-9-16-12-11(15(3,4)5)14(19)13(12)18;1-6-16(5)9-7-8-15-11-10(14(2,3)4)13(18)12(11)17;1-13(2,3)9-10(11(16)12(9)17)14-7-6-8-15(4)5/h18H,6-12H2,1-5H3;17H,6-11H2,1-5H3;2*16H,6-10H2,1-5H3;15H,6-9H2,1-5H3;14H,6-8H2,1-5H3. The van der Waals surface area contributed by atoms with Gasteiger partial charge in [0.25, 0.3) is 0 Å². The Labute approximate surface area is 721 Å². The van der Waals surface area contributed by atoms with Crippen LogP contribution in [-0.2, 0) is 32.5 Å². The van der Waals surface area contributed by atoms with Gasteiger partial charge in [-0.2, -0.15) is 0 Å². The Morgan fingerprint density at radius 1 is 0.237 bits per heavy atom. The number of anilines is 6. The topological polar surface area (TPSA) is 194 Å². The zero-order valence-electron chi connectivity index (χ0n) is 76.8. The summed E-state index contributed by atoms with van der Waals surface area (Å²) in [5.74, 6) is 0. The Balaban J connectivity index is 0.000000685. The van der Waals surface area contributed by atoms with E-state index in [0.717, 1.165) is 237 Å². The van der Waals surface area contributed by atoms with Gasteiger partial charge < -0.3 is 61.3 Å². The third-order valence-corrected chi connectivity index (χ3v) is 22.4. The molecule has 6 aromatic rings. The smallest absolute Gasteiger partial charge is 0.220 e. The van der Waals surface area contributed by atoms with Crippen molar-refractivity contribution in [2.24, 2.45) is 0 Å². The molecule has 6 N–H and O–H groups in total. The van der Waals surface area contributed by atoms with E-state index in [0.29, 0.717) is 27.1 Å². The highest BCUT2D eigenvalue weighted by atomic mass is 32.1. The van der Waals surface area contributed by atoms with E-state index in [2.05, 4.69) is 255 Å². The molecule has 0 radical (unpaired) electrons. The van der Waals surface area contributed by atoms with Gasteiger partial charge in [0.2, 0.25) is 32.6 Å². The zero-order chi connectivity index (χ0) is 87.8. The number of hydrogen-bond acceptors (Lipinski definition) is 24. The van der Waals surface area contributed by atoms with Crippen LogP contribution in [0, 0.1) is 27.1 Å². The second-order valence-corrected chi connectivity index (χ2v) is 39.4. The highest BCUT2D eigenvalue weighted by Crippen LogP contribution is 2.36. The Hall–Kier alpha value is -4.44. The van der Waals surface area contributed by atoms with Crippen LogP contribution in [0.3, 0.4) is 0 Å². The van der Waals surface area contributed by atoms with Crippen molar-refractivity contribution in [3.8, 4) is 0 Å². The monoisotopic (exact) mass is 1690 g/mol. The summed E-state index contributed by atoms with van der Waals surface area (Å²) < 4.78 is 3.07. The Morgan fingerprint density at radius 2 is 0.430 bits per heavy atom. The van der Waals surface area contributed by atoms with Crippen LogP contribution in [0.1, 0.15) is 278 Å². The second-order valence-electron chi connectivity index (χ2n) is 36.9. The van der Waals surface area contributed by atoms with Crippen LogP contribution in [0.5, 0.6) is 0 Å². The van der Waals surface area contributed by atoms with Crippen molar-refractivity contribution in [3.05, 3.63) is 122 Å². The maximum Gasteiger partial charge on any atom is 0.220 e. The number of hydrogen-bond donors (Lipinski definition) is 6. The Morgan fingerprint density at radius 3 is 0.632 bits per heavy atom. The predicted molar refractivity (Wildman–Crippen MR) is 513 cm³/mol. The number of nitrogens with zero attached hydrogens (tertiary/aromatic N) is 6. The van der Waals surface area contributed by atoms with Gasteiger partial charge in [-0.05, 0) is 217 Å². The molecular formula is C90H156N12O6S6. The van der Waals surface area contributed by atoms with Crippen LogP contribution in [0.15, 0.2) is 28.8 Å². The van der Waals surface area contributed by atoms with Gasteiger partial charge in [0.1, 0.15) is 0 Å². The molecule has 0 unspecified atom stereocenters. The summed E-state index contributed by atoms with van der Waals surface area (Å²) in [6, 6.07) is 0. The fourth-order valence-electron chi connectivity index (χ4n) is 13.8. The molecule has 0 amide bonds. The summed E-state index contributed by atoms with van der Waals surface area (Å²) in [5.41, 5.74) is 10.4. The molecule has 0 atom stereocenters. The van der Waals surface area contributed by atoms with Crippen molar-refractivity contribution < 1.29 is 0 Å². The molecule has 6 aromatic carbocycles. The van der Waals surface area contributed by atoms with E-state index < -0.39 is 0 Å². The summed E-state index contributed by atoms with van der Waals surface area (Å²) in [7, 11) is 8.32. The van der Waals surface area contributed by atoms with Crippen molar-refractivity contribution in [3.63, 3.8) is 0 Å². The summed E-state index contributed by atoms with van der Waals surface area (Å²) >= 11 is 30.9. The van der Waals surface area contributed by atoms with Crippen LogP contribution in [-0.4, -0.2) is 188 Å². The maximum absolute atomic E-state index is 11.9. The molecule has 114 heavy (non-hydrogen) atoms. The molecular weight excluding hydrogens is 1540 g/mol. The molecule has 0 fully saturated rings. The van der Waals surface area contributed by atoms with Crippen molar-refractivity contribution in [2.75, 3.05) is 191 Å². The molecule has 6 rings (SSSR count). The van der Waals surface area contributed by atoms with Crippen molar-refractivity contribution >= 4 is 107 Å². The van der Waals surface area contributed by atoms with Crippen LogP contribution >= 0.6 is 73.3 Å². The molecule has 18 nitrogen and oxygen atoms in total. The maximum atomic E-state index is 11.9. The van der Waals surface area contributed by atoms with E-state index >= 15 is 0 Å². The molecule has 0 spiro atoms. The van der Waals surface area contributed by atoms with Crippen molar-refractivity contribution in [1.82, 2.24) is 29.4 Å². The minimum atomic E-state index is -0.0518. The lowest BCUT2D eigenvalue weighted by Crippen LogP contribution is -2.31. The fourth-order valence-corrected chi connectivity index (χ4v) is 16.9. The minimum Gasteiger partial charge on any atom is -0.382 e. The molecule has 0 saturated carbocycles. The van der Waals surface area contributed by atoms with Gasteiger partial charge in [-0.1, -0.05) is 253 Å². The zero-order valence-corrected chi connectivity index (χ0v) is 81.7. The third kappa shape index (κ3) is 34.0. The lowest BCUT2D eigenvalue weighted by atomic mass is 9.83. The normalized spacial score (nSPS) is 12.3. The minimum absolute atomic E-state index is 0.00905. The quantitative estimate of drug-likeness (QED) is 0.0156. The van der Waals surface area contributed by atoms with Gasteiger partial charge in [0.15, 0.2) is 0 Å². The molecule has 648 valence electrons. The lowest BCUT2D eigenvalue weighted by molar-refractivity contribution is 0.274. The van der Waals surface area contributed by atoms with E-state index in [-0.39, 0.29) is 65.1 Å². The summed E-state index contributed by atoms with van der Waals surface area (Å²) in [5, 5.41) is 19.6. The highest BCUT2D eigenvalue weighted by Gasteiger charge is 2.33. The third-order valence-electron chi connectivity index (χ3n) is 20.0. The summed E-state index contributed by atoms with van der Waals surface area (Å²) in [4.78, 5) is 84.7. The number of nitrogens with one attached hydrogen (secondary N) is 6. The predicted octanol–water partition coefficient (Wildman–Crippen LogP) is 18.6. The van der Waals surface area contributed by atoms with E-state index in [9.17, 15) is 28.8 Å². The van der Waals surface area contributed by atoms with E-state index in [1.807, 2.05) is 14.1 Å². The molecule has 0 aliphatic heterocycles. The molecule has 0 aliphatic carbocycles. The second kappa shape index (κ2) is 50.6.